The van der Waals surface area contributed by atoms with Crippen LogP contribution < -0.4 is 20.3 Å². The molecule has 4 amide bonds. The number of aryl methyl sites for hydroxylation is 1. The summed E-state index contributed by atoms with van der Waals surface area (Å²) in [6, 6.07) is 8.70. The number of ether oxygens (including phenoxy) is 1. The number of piperazine rings is 1. The van der Waals surface area contributed by atoms with Crippen LogP contribution in [0, 0.1) is 6.92 Å². The number of carbonyl (C=O) groups excluding carboxylic acids is 3. The van der Waals surface area contributed by atoms with Gasteiger partial charge in [0.1, 0.15) is 10.6 Å². The van der Waals surface area contributed by atoms with E-state index in [1.54, 1.807) is 41.1 Å². The van der Waals surface area contributed by atoms with Crippen molar-refractivity contribution in [2.24, 2.45) is 0 Å². The molecule has 2 aliphatic rings. The fraction of sp³-hybridized carbons (Fsp3) is 0.471. The molecular weight excluding hydrogens is 661 g/mol. The van der Waals surface area contributed by atoms with E-state index in [1.807, 2.05) is 24.0 Å². The van der Waals surface area contributed by atoms with Gasteiger partial charge < -0.3 is 35.2 Å². The van der Waals surface area contributed by atoms with Gasteiger partial charge in [0, 0.05) is 69.5 Å². The molecule has 2 saturated heterocycles. The number of nitrogens with zero attached hydrogens (tertiary/aromatic N) is 4. The van der Waals surface area contributed by atoms with Gasteiger partial charge in [-0.15, -0.1) is 11.3 Å². The SMILES string of the molecule is CCC[C@H]1N(C(=O)c2cnccc2C)CCC[C@@]1(Oc1csc(C(F)(F)F)c1)C(=O)N1CCN(c2ccccc2NC(=O)NCCO)CC1. The molecular formula is C34H41F3N6O5S. The van der Waals surface area contributed by atoms with E-state index in [2.05, 4.69) is 15.6 Å². The van der Waals surface area contributed by atoms with Gasteiger partial charge in [-0.25, -0.2) is 4.79 Å². The number of aliphatic hydroxyl groups excluding tert-OH is 1. The summed E-state index contributed by atoms with van der Waals surface area (Å²) >= 11 is 0.502. The van der Waals surface area contributed by atoms with Crippen molar-refractivity contribution in [3.05, 3.63) is 70.2 Å². The maximum absolute atomic E-state index is 14.8. The maximum atomic E-state index is 14.8. The van der Waals surface area contributed by atoms with Gasteiger partial charge in [-0.3, -0.25) is 14.6 Å². The number of anilines is 2. The minimum absolute atomic E-state index is 0.0586. The molecule has 3 aromatic rings. The second kappa shape index (κ2) is 15.5. The van der Waals surface area contributed by atoms with Crippen LogP contribution in [0.3, 0.4) is 0 Å². The molecule has 15 heteroatoms. The molecule has 2 atom stereocenters. The van der Waals surface area contributed by atoms with Crippen molar-refractivity contribution >= 4 is 40.6 Å². The number of alkyl halides is 3. The molecule has 264 valence electrons. The third-order valence-electron chi connectivity index (χ3n) is 8.93. The Bertz CT molecular complexity index is 1630. The van der Waals surface area contributed by atoms with Crippen molar-refractivity contribution in [1.29, 1.82) is 0 Å². The summed E-state index contributed by atoms with van der Waals surface area (Å²) in [5.41, 5.74) is 0.806. The van der Waals surface area contributed by atoms with Crippen molar-refractivity contribution in [2.75, 3.05) is 56.1 Å². The number of aliphatic hydroxyl groups is 1. The monoisotopic (exact) mass is 702 g/mol. The van der Waals surface area contributed by atoms with E-state index in [4.69, 9.17) is 9.84 Å². The Balaban J connectivity index is 1.44. The van der Waals surface area contributed by atoms with Gasteiger partial charge in [0.25, 0.3) is 11.8 Å². The fourth-order valence-electron chi connectivity index (χ4n) is 6.59. The van der Waals surface area contributed by atoms with Crippen molar-refractivity contribution in [1.82, 2.24) is 20.1 Å². The normalized spacial score (nSPS) is 19.8. The molecule has 0 saturated carbocycles. The Labute approximate surface area is 287 Å². The number of benzene rings is 1. The molecule has 2 aromatic heterocycles. The van der Waals surface area contributed by atoms with Crippen LogP contribution in [0.15, 0.2) is 54.2 Å². The van der Waals surface area contributed by atoms with E-state index in [9.17, 15) is 27.6 Å². The van der Waals surface area contributed by atoms with Gasteiger partial charge in [0.2, 0.25) is 5.60 Å². The van der Waals surface area contributed by atoms with E-state index in [1.165, 1.54) is 11.6 Å². The average molecular weight is 703 g/mol. The first kappa shape index (κ1) is 35.9. The Morgan fingerprint density at radius 2 is 1.88 bits per heavy atom. The number of pyridine rings is 1. The topological polar surface area (TPSA) is 127 Å². The highest BCUT2D eigenvalue weighted by atomic mass is 32.1. The molecule has 0 aliphatic carbocycles. The summed E-state index contributed by atoms with van der Waals surface area (Å²) in [5, 5.41) is 15.7. The zero-order chi connectivity index (χ0) is 35.2. The lowest BCUT2D eigenvalue weighted by atomic mass is 9.79. The number of urea groups is 1. The molecule has 5 rings (SSSR count). The lowest BCUT2D eigenvalue weighted by molar-refractivity contribution is -0.159. The van der Waals surface area contributed by atoms with E-state index in [0.717, 1.165) is 17.3 Å². The Kier molecular flexibility index (Phi) is 11.3. The average Bonchev–Trinajstić information content (AvgIpc) is 3.57. The van der Waals surface area contributed by atoms with Crippen LogP contribution in [0.5, 0.6) is 5.75 Å². The number of hydrogen-bond acceptors (Lipinski definition) is 8. The summed E-state index contributed by atoms with van der Waals surface area (Å²) in [6.07, 6.45) is 0.141. The lowest BCUT2D eigenvalue weighted by Gasteiger charge is -2.50. The number of carbonyl (C=O) groups is 3. The highest BCUT2D eigenvalue weighted by molar-refractivity contribution is 7.10. The third kappa shape index (κ3) is 7.93. The van der Waals surface area contributed by atoms with E-state index >= 15 is 0 Å². The first-order valence-corrected chi connectivity index (χ1v) is 17.2. The third-order valence-corrected chi connectivity index (χ3v) is 9.88. The Morgan fingerprint density at radius 1 is 1.12 bits per heavy atom. The van der Waals surface area contributed by atoms with Crippen LogP contribution in [-0.4, -0.2) is 95.3 Å². The molecule has 0 bridgehead atoms. The number of thiophene rings is 1. The van der Waals surface area contributed by atoms with E-state index in [0.29, 0.717) is 61.5 Å². The Morgan fingerprint density at radius 3 is 2.55 bits per heavy atom. The van der Waals surface area contributed by atoms with Gasteiger partial charge in [0.05, 0.1) is 29.6 Å². The number of hydrogen-bond donors (Lipinski definition) is 3. The molecule has 2 aliphatic heterocycles. The Hall–Kier alpha value is -4.37. The predicted molar refractivity (Wildman–Crippen MR) is 180 cm³/mol. The number of likely N-dealkylation sites (tertiary alicyclic amines) is 1. The number of amides is 4. The zero-order valence-corrected chi connectivity index (χ0v) is 28.3. The minimum Gasteiger partial charge on any atom is -0.474 e. The van der Waals surface area contributed by atoms with E-state index < -0.39 is 28.7 Å². The van der Waals surface area contributed by atoms with Gasteiger partial charge in [-0.2, -0.15) is 13.2 Å². The second-order valence-electron chi connectivity index (χ2n) is 12.1. The second-order valence-corrected chi connectivity index (χ2v) is 13.0. The van der Waals surface area contributed by atoms with Crippen LogP contribution in [0.1, 0.15) is 53.4 Å². The van der Waals surface area contributed by atoms with Crippen molar-refractivity contribution in [2.45, 2.75) is 57.3 Å². The first-order chi connectivity index (χ1) is 23.5. The zero-order valence-electron chi connectivity index (χ0n) is 27.5. The van der Waals surface area contributed by atoms with Gasteiger partial charge in [-0.1, -0.05) is 25.5 Å². The molecule has 0 unspecified atom stereocenters. The fourth-order valence-corrected chi connectivity index (χ4v) is 7.26. The number of piperidine rings is 1. The van der Waals surface area contributed by atoms with Crippen LogP contribution in [0.2, 0.25) is 0 Å². The molecule has 0 radical (unpaired) electrons. The number of para-hydroxylation sites is 2. The van der Waals surface area contributed by atoms with Crippen LogP contribution in [0.25, 0.3) is 0 Å². The van der Waals surface area contributed by atoms with Gasteiger partial charge in [0.15, 0.2) is 0 Å². The molecule has 0 spiro atoms. The highest BCUT2D eigenvalue weighted by Crippen LogP contribution is 2.42. The number of aromatic nitrogens is 1. The quantitative estimate of drug-likeness (QED) is 0.267. The predicted octanol–water partition coefficient (Wildman–Crippen LogP) is 5.16. The number of halogens is 3. The van der Waals surface area contributed by atoms with Crippen LogP contribution in [-0.2, 0) is 11.0 Å². The first-order valence-electron chi connectivity index (χ1n) is 16.3. The molecule has 1 aromatic carbocycles. The summed E-state index contributed by atoms with van der Waals surface area (Å²) < 4.78 is 47.4. The van der Waals surface area contributed by atoms with Crippen molar-refractivity contribution in [3.8, 4) is 5.75 Å². The molecule has 4 heterocycles. The largest absolute Gasteiger partial charge is 0.474 e. The molecule has 49 heavy (non-hydrogen) atoms. The summed E-state index contributed by atoms with van der Waals surface area (Å²) in [7, 11) is 0. The van der Waals surface area contributed by atoms with Gasteiger partial charge in [-0.05, 0) is 43.5 Å². The van der Waals surface area contributed by atoms with E-state index in [-0.39, 0.29) is 50.2 Å². The maximum Gasteiger partial charge on any atom is 0.425 e. The molecule has 3 N–H and O–H groups in total. The van der Waals surface area contributed by atoms with Crippen molar-refractivity contribution < 1.29 is 37.4 Å². The van der Waals surface area contributed by atoms with Crippen LogP contribution >= 0.6 is 11.3 Å². The smallest absolute Gasteiger partial charge is 0.425 e. The lowest BCUT2D eigenvalue weighted by Crippen LogP contribution is -2.69. The molecule has 2 fully saturated rings. The molecule has 11 nitrogen and oxygen atoms in total. The number of rotatable bonds is 10. The van der Waals surface area contributed by atoms with Crippen LogP contribution in [0.4, 0.5) is 29.3 Å². The summed E-state index contributed by atoms with van der Waals surface area (Å²) in [6.45, 7) is 5.38. The number of nitrogens with one attached hydrogen (secondary N) is 2. The van der Waals surface area contributed by atoms with Gasteiger partial charge >= 0.3 is 12.2 Å². The van der Waals surface area contributed by atoms with Crippen molar-refractivity contribution in [3.63, 3.8) is 0 Å². The summed E-state index contributed by atoms with van der Waals surface area (Å²) in [5.74, 6) is -0.736. The minimum atomic E-state index is -4.57. The highest BCUT2D eigenvalue weighted by Gasteiger charge is 2.55. The summed E-state index contributed by atoms with van der Waals surface area (Å²) in [4.78, 5) is 49.9. The standard InChI is InChI=1S/C34H41F3N6O5S/c1-3-7-28-33(48-24-20-29(49-22-24)34(35,36)37,11-6-14-43(28)30(45)25-21-38-12-10-23(25)2)31(46)42-17-15-41(16-18-42)27-9-5-4-8-26(27)40-32(47)39-13-19-44/h4-5,8-10,12,20-22,28,44H,3,6-7,11,13-19H2,1-2H3,(H2,39,40,47)/t28-,33+/m1/s1.